The number of carbonyl (C=O) groups excluding carboxylic acids is 2. The lowest BCUT2D eigenvalue weighted by atomic mass is 10.1. The SMILES string of the molecule is Cn1cc(CCC(=O)N2CCN(C(=O)c3ccc(F)c(F)c3)CC2)cn1. The van der Waals surface area contributed by atoms with Gasteiger partial charge in [-0.3, -0.25) is 14.3 Å². The van der Waals surface area contributed by atoms with E-state index in [2.05, 4.69) is 5.10 Å². The van der Waals surface area contributed by atoms with Crippen molar-refractivity contribution in [1.29, 1.82) is 0 Å². The second kappa shape index (κ2) is 7.63. The van der Waals surface area contributed by atoms with Gasteiger partial charge in [0.15, 0.2) is 11.6 Å². The van der Waals surface area contributed by atoms with E-state index in [4.69, 9.17) is 0 Å². The Morgan fingerprint density at radius 1 is 1.08 bits per heavy atom. The summed E-state index contributed by atoms with van der Waals surface area (Å²) in [5.41, 5.74) is 1.12. The summed E-state index contributed by atoms with van der Waals surface area (Å²) >= 11 is 0. The minimum Gasteiger partial charge on any atom is -0.339 e. The largest absolute Gasteiger partial charge is 0.339 e. The smallest absolute Gasteiger partial charge is 0.254 e. The molecule has 0 bridgehead atoms. The second-order valence-corrected chi connectivity index (χ2v) is 6.32. The van der Waals surface area contributed by atoms with E-state index >= 15 is 0 Å². The van der Waals surface area contributed by atoms with Crippen molar-refractivity contribution in [3.05, 3.63) is 53.4 Å². The molecule has 1 saturated heterocycles. The van der Waals surface area contributed by atoms with Crippen LogP contribution in [0.15, 0.2) is 30.6 Å². The van der Waals surface area contributed by atoms with E-state index in [0.717, 1.165) is 17.7 Å². The van der Waals surface area contributed by atoms with Gasteiger partial charge in [-0.2, -0.15) is 5.10 Å². The molecule has 2 heterocycles. The summed E-state index contributed by atoms with van der Waals surface area (Å²) < 4.78 is 28.0. The molecule has 0 saturated carbocycles. The number of halogens is 2. The van der Waals surface area contributed by atoms with E-state index in [0.29, 0.717) is 39.0 Å². The number of aromatic nitrogens is 2. The predicted octanol–water partition coefficient (Wildman–Crippen LogP) is 1.62. The van der Waals surface area contributed by atoms with Crippen LogP contribution in [-0.2, 0) is 18.3 Å². The number of hydrogen-bond donors (Lipinski definition) is 0. The minimum absolute atomic E-state index is 0.0359. The molecule has 0 radical (unpaired) electrons. The van der Waals surface area contributed by atoms with E-state index in [9.17, 15) is 18.4 Å². The average Bonchev–Trinajstić information content (AvgIpc) is 3.07. The number of aryl methyl sites for hydroxylation is 2. The van der Waals surface area contributed by atoms with Crippen LogP contribution in [0.3, 0.4) is 0 Å². The quantitative estimate of drug-likeness (QED) is 0.830. The fourth-order valence-electron chi connectivity index (χ4n) is 2.98. The van der Waals surface area contributed by atoms with Crippen molar-refractivity contribution in [2.45, 2.75) is 12.8 Å². The van der Waals surface area contributed by atoms with Gasteiger partial charge in [0.05, 0.1) is 6.20 Å². The normalized spacial score (nSPS) is 14.6. The lowest BCUT2D eigenvalue weighted by Crippen LogP contribution is -2.50. The third-order valence-corrected chi connectivity index (χ3v) is 4.47. The van der Waals surface area contributed by atoms with Gasteiger partial charge in [0.25, 0.3) is 5.91 Å². The van der Waals surface area contributed by atoms with E-state index in [1.807, 2.05) is 13.2 Å². The topological polar surface area (TPSA) is 58.4 Å². The Hall–Kier alpha value is -2.77. The van der Waals surface area contributed by atoms with Crippen LogP contribution in [0.25, 0.3) is 0 Å². The summed E-state index contributed by atoms with van der Waals surface area (Å²) in [4.78, 5) is 28.0. The molecule has 3 rings (SSSR count). The van der Waals surface area contributed by atoms with Crippen LogP contribution in [-0.4, -0.2) is 57.6 Å². The molecule has 26 heavy (non-hydrogen) atoms. The Morgan fingerprint density at radius 2 is 1.77 bits per heavy atom. The molecule has 138 valence electrons. The summed E-state index contributed by atoms with van der Waals surface area (Å²) in [5.74, 6) is -2.34. The van der Waals surface area contributed by atoms with Crippen LogP contribution in [0.2, 0.25) is 0 Å². The molecule has 0 unspecified atom stereocenters. The van der Waals surface area contributed by atoms with E-state index < -0.39 is 11.6 Å². The van der Waals surface area contributed by atoms with Crippen molar-refractivity contribution in [2.75, 3.05) is 26.2 Å². The van der Waals surface area contributed by atoms with Gasteiger partial charge in [-0.15, -0.1) is 0 Å². The van der Waals surface area contributed by atoms with Gasteiger partial charge in [-0.1, -0.05) is 0 Å². The Balaban J connectivity index is 1.50. The molecule has 0 N–H and O–H groups in total. The third-order valence-electron chi connectivity index (χ3n) is 4.47. The summed E-state index contributed by atoms with van der Waals surface area (Å²) in [5, 5.41) is 4.07. The Kier molecular flexibility index (Phi) is 5.29. The summed E-state index contributed by atoms with van der Waals surface area (Å²) in [6, 6.07) is 3.12. The van der Waals surface area contributed by atoms with Crippen LogP contribution in [0.1, 0.15) is 22.3 Å². The van der Waals surface area contributed by atoms with Crippen molar-refractivity contribution in [1.82, 2.24) is 19.6 Å². The molecule has 1 aromatic carbocycles. The molecule has 0 aliphatic carbocycles. The van der Waals surface area contributed by atoms with Crippen LogP contribution >= 0.6 is 0 Å². The van der Waals surface area contributed by atoms with E-state index in [1.165, 1.54) is 6.07 Å². The monoisotopic (exact) mass is 362 g/mol. The third kappa shape index (κ3) is 4.07. The average molecular weight is 362 g/mol. The summed E-state index contributed by atoms with van der Waals surface area (Å²) in [7, 11) is 1.83. The maximum absolute atomic E-state index is 13.3. The van der Waals surface area contributed by atoms with Gasteiger partial charge in [-0.05, 0) is 30.2 Å². The maximum Gasteiger partial charge on any atom is 0.254 e. The molecule has 6 nitrogen and oxygen atoms in total. The molecular formula is C18H20F2N4O2. The molecule has 1 fully saturated rings. The zero-order chi connectivity index (χ0) is 18.7. The van der Waals surface area contributed by atoms with Crippen molar-refractivity contribution in [2.24, 2.45) is 7.05 Å². The fourth-order valence-corrected chi connectivity index (χ4v) is 2.98. The molecule has 2 aromatic rings. The Labute approximate surface area is 150 Å². The zero-order valence-corrected chi connectivity index (χ0v) is 14.5. The van der Waals surface area contributed by atoms with E-state index in [1.54, 1.807) is 20.7 Å². The van der Waals surface area contributed by atoms with Crippen LogP contribution < -0.4 is 0 Å². The van der Waals surface area contributed by atoms with Gasteiger partial charge in [0.1, 0.15) is 0 Å². The molecule has 0 spiro atoms. The van der Waals surface area contributed by atoms with Crippen LogP contribution in [0.5, 0.6) is 0 Å². The maximum atomic E-state index is 13.3. The van der Waals surface area contributed by atoms with Crippen LogP contribution in [0.4, 0.5) is 8.78 Å². The highest BCUT2D eigenvalue weighted by Crippen LogP contribution is 2.14. The number of benzene rings is 1. The van der Waals surface area contributed by atoms with Crippen LogP contribution in [0, 0.1) is 11.6 Å². The fraction of sp³-hybridized carbons (Fsp3) is 0.389. The van der Waals surface area contributed by atoms with Crippen molar-refractivity contribution in [3.63, 3.8) is 0 Å². The van der Waals surface area contributed by atoms with Crippen molar-refractivity contribution in [3.8, 4) is 0 Å². The lowest BCUT2D eigenvalue weighted by molar-refractivity contribution is -0.132. The molecule has 8 heteroatoms. The highest BCUT2D eigenvalue weighted by Gasteiger charge is 2.25. The molecular weight excluding hydrogens is 342 g/mol. The Morgan fingerprint density at radius 3 is 2.38 bits per heavy atom. The first-order valence-corrected chi connectivity index (χ1v) is 8.43. The summed E-state index contributed by atoms with van der Waals surface area (Å²) in [6.07, 6.45) is 4.64. The molecule has 1 aliphatic rings. The first-order valence-electron chi connectivity index (χ1n) is 8.43. The number of rotatable bonds is 4. The number of piperazine rings is 1. The number of hydrogen-bond acceptors (Lipinski definition) is 3. The van der Waals surface area contributed by atoms with Crippen molar-refractivity contribution < 1.29 is 18.4 Å². The first-order chi connectivity index (χ1) is 12.4. The molecule has 2 amide bonds. The van der Waals surface area contributed by atoms with Gasteiger partial charge >= 0.3 is 0 Å². The highest BCUT2D eigenvalue weighted by atomic mass is 19.2. The molecule has 1 aromatic heterocycles. The predicted molar refractivity (Wildman–Crippen MR) is 90.4 cm³/mol. The molecule has 1 aliphatic heterocycles. The first kappa shape index (κ1) is 18.0. The van der Waals surface area contributed by atoms with Gasteiger partial charge in [0, 0.05) is 51.4 Å². The second-order valence-electron chi connectivity index (χ2n) is 6.32. The summed E-state index contributed by atoms with van der Waals surface area (Å²) in [6.45, 7) is 1.61. The van der Waals surface area contributed by atoms with Gasteiger partial charge in [-0.25, -0.2) is 8.78 Å². The van der Waals surface area contributed by atoms with Gasteiger partial charge in [0.2, 0.25) is 5.91 Å². The number of nitrogens with zero attached hydrogens (tertiary/aromatic N) is 4. The van der Waals surface area contributed by atoms with Gasteiger partial charge < -0.3 is 9.80 Å². The lowest BCUT2D eigenvalue weighted by Gasteiger charge is -2.35. The molecule has 0 atom stereocenters. The van der Waals surface area contributed by atoms with Crippen molar-refractivity contribution >= 4 is 11.8 Å². The Bertz CT molecular complexity index is 813. The zero-order valence-electron chi connectivity index (χ0n) is 14.5. The number of amides is 2. The van der Waals surface area contributed by atoms with E-state index in [-0.39, 0.29) is 17.4 Å². The number of carbonyl (C=O) groups is 2. The standard InChI is InChI=1S/C18H20F2N4O2/c1-22-12-13(11-21-22)2-5-17(25)23-6-8-24(9-7-23)18(26)14-3-4-15(19)16(20)10-14/h3-4,10-12H,2,5-9H2,1H3. The highest BCUT2D eigenvalue weighted by molar-refractivity contribution is 5.94. The minimum atomic E-state index is -1.04.